The van der Waals surface area contributed by atoms with Gasteiger partial charge in [-0.15, -0.1) is 0 Å². The summed E-state index contributed by atoms with van der Waals surface area (Å²) in [5, 5.41) is 3.86. The fraction of sp³-hybridized carbons (Fsp3) is 0.316. The Kier molecular flexibility index (Phi) is 6.02. The SMILES string of the molecule is CC[C@@H](NC(=O)CCc1ccc(Cl)cc1)c1ccccc1C. The number of nitrogens with one attached hydrogen (secondary N) is 1. The predicted octanol–water partition coefficient (Wildman–Crippen LogP) is 4.85. The molecule has 3 heteroatoms. The highest BCUT2D eigenvalue weighted by Gasteiger charge is 2.14. The molecule has 0 radical (unpaired) electrons. The van der Waals surface area contributed by atoms with Crippen LogP contribution in [0.1, 0.15) is 42.5 Å². The molecule has 0 aliphatic carbocycles. The molecule has 1 amide bonds. The molecule has 0 bridgehead atoms. The third-order valence-corrected chi connectivity index (χ3v) is 4.11. The number of benzene rings is 2. The van der Waals surface area contributed by atoms with Crippen LogP contribution in [0.5, 0.6) is 0 Å². The molecule has 0 saturated carbocycles. The standard InChI is InChI=1S/C19H22ClNO/c1-3-18(17-7-5-4-6-14(17)2)21-19(22)13-10-15-8-11-16(20)12-9-15/h4-9,11-12,18H,3,10,13H2,1-2H3,(H,21,22)/t18-/m1/s1. The molecular formula is C19H22ClNO. The van der Waals surface area contributed by atoms with Crippen molar-refractivity contribution in [2.24, 2.45) is 0 Å². The van der Waals surface area contributed by atoms with Crippen LogP contribution >= 0.6 is 11.6 Å². The average Bonchev–Trinajstić information content (AvgIpc) is 2.53. The average molecular weight is 316 g/mol. The number of aryl methyl sites for hydroxylation is 2. The lowest BCUT2D eigenvalue weighted by atomic mass is 9.99. The summed E-state index contributed by atoms with van der Waals surface area (Å²) in [5.74, 6) is 0.0880. The summed E-state index contributed by atoms with van der Waals surface area (Å²) >= 11 is 5.87. The number of amides is 1. The summed E-state index contributed by atoms with van der Waals surface area (Å²) in [7, 11) is 0. The summed E-state index contributed by atoms with van der Waals surface area (Å²) in [5.41, 5.74) is 3.54. The van der Waals surface area contributed by atoms with E-state index < -0.39 is 0 Å². The van der Waals surface area contributed by atoms with E-state index in [4.69, 9.17) is 11.6 Å². The lowest BCUT2D eigenvalue weighted by Crippen LogP contribution is -2.28. The monoisotopic (exact) mass is 315 g/mol. The molecule has 0 spiro atoms. The molecule has 116 valence electrons. The van der Waals surface area contributed by atoms with Gasteiger partial charge >= 0.3 is 0 Å². The van der Waals surface area contributed by atoms with E-state index >= 15 is 0 Å². The molecule has 0 aromatic heterocycles. The van der Waals surface area contributed by atoms with Crippen molar-refractivity contribution in [3.8, 4) is 0 Å². The summed E-state index contributed by atoms with van der Waals surface area (Å²) < 4.78 is 0. The molecule has 1 N–H and O–H groups in total. The first kappa shape index (κ1) is 16.6. The first-order chi connectivity index (χ1) is 10.6. The van der Waals surface area contributed by atoms with Crippen LogP contribution in [0.15, 0.2) is 48.5 Å². The molecule has 1 atom stereocenters. The first-order valence-electron chi connectivity index (χ1n) is 7.69. The maximum absolute atomic E-state index is 12.2. The van der Waals surface area contributed by atoms with Gasteiger partial charge in [-0.3, -0.25) is 4.79 Å². The molecule has 22 heavy (non-hydrogen) atoms. The highest BCUT2D eigenvalue weighted by molar-refractivity contribution is 6.30. The quantitative estimate of drug-likeness (QED) is 0.811. The van der Waals surface area contributed by atoms with E-state index in [0.717, 1.165) is 23.4 Å². The minimum atomic E-state index is 0.0823. The number of carbonyl (C=O) groups excluding carboxylic acids is 1. The van der Waals surface area contributed by atoms with Crippen molar-refractivity contribution < 1.29 is 4.79 Å². The molecule has 0 saturated heterocycles. The van der Waals surface area contributed by atoms with Crippen LogP contribution in [0.2, 0.25) is 5.02 Å². The third kappa shape index (κ3) is 4.60. The zero-order valence-electron chi connectivity index (χ0n) is 13.1. The smallest absolute Gasteiger partial charge is 0.220 e. The van der Waals surface area contributed by atoms with Crippen LogP contribution in [0, 0.1) is 6.92 Å². The molecule has 0 aliphatic heterocycles. The minimum Gasteiger partial charge on any atom is -0.349 e. The lowest BCUT2D eigenvalue weighted by Gasteiger charge is -2.19. The predicted molar refractivity (Wildman–Crippen MR) is 92.1 cm³/mol. The van der Waals surface area contributed by atoms with Gasteiger partial charge in [0.1, 0.15) is 0 Å². The van der Waals surface area contributed by atoms with Crippen LogP contribution in [0.3, 0.4) is 0 Å². The maximum Gasteiger partial charge on any atom is 0.220 e. The Labute approximate surface area is 137 Å². The normalized spacial score (nSPS) is 12.0. The molecule has 2 nitrogen and oxygen atoms in total. The van der Waals surface area contributed by atoms with Crippen molar-refractivity contribution in [1.29, 1.82) is 0 Å². The summed E-state index contributed by atoms with van der Waals surface area (Å²) in [4.78, 5) is 12.2. The second-order valence-electron chi connectivity index (χ2n) is 5.51. The topological polar surface area (TPSA) is 29.1 Å². The lowest BCUT2D eigenvalue weighted by molar-refractivity contribution is -0.121. The third-order valence-electron chi connectivity index (χ3n) is 3.86. The van der Waals surface area contributed by atoms with Gasteiger partial charge in [-0.2, -0.15) is 0 Å². The first-order valence-corrected chi connectivity index (χ1v) is 8.07. The van der Waals surface area contributed by atoms with Gasteiger partial charge in [0.05, 0.1) is 6.04 Å². The number of hydrogen-bond acceptors (Lipinski definition) is 1. The van der Waals surface area contributed by atoms with E-state index in [9.17, 15) is 4.79 Å². The molecule has 0 aliphatic rings. The van der Waals surface area contributed by atoms with Crippen LogP contribution in [-0.2, 0) is 11.2 Å². The van der Waals surface area contributed by atoms with Gasteiger partial charge in [0.25, 0.3) is 0 Å². The zero-order chi connectivity index (χ0) is 15.9. The van der Waals surface area contributed by atoms with Gasteiger partial charge in [-0.05, 0) is 48.6 Å². The fourth-order valence-electron chi connectivity index (χ4n) is 2.55. The van der Waals surface area contributed by atoms with E-state index in [1.54, 1.807) is 0 Å². The Morgan fingerprint density at radius 1 is 1.14 bits per heavy atom. The van der Waals surface area contributed by atoms with E-state index in [0.29, 0.717) is 6.42 Å². The Balaban J connectivity index is 1.92. The van der Waals surface area contributed by atoms with Crippen molar-refractivity contribution in [2.45, 2.75) is 39.2 Å². The Bertz CT molecular complexity index is 622. The maximum atomic E-state index is 12.2. The van der Waals surface area contributed by atoms with Crippen molar-refractivity contribution in [1.82, 2.24) is 5.32 Å². The number of rotatable bonds is 6. The van der Waals surface area contributed by atoms with E-state index in [1.165, 1.54) is 11.1 Å². The number of hydrogen-bond donors (Lipinski definition) is 1. The number of halogens is 1. The minimum absolute atomic E-state index is 0.0823. The van der Waals surface area contributed by atoms with Crippen LogP contribution in [0.25, 0.3) is 0 Å². The highest BCUT2D eigenvalue weighted by Crippen LogP contribution is 2.20. The largest absolute Gasteiger partial charge is 0.349 e. The van der Waals surface area contributed by atoms with Gasteiger partial charge in [-0.1, -0.05) is 54.9 Å². The van der Waals surface area contributed by atoms with Crippen molar-refractivity contribution >= 4 is 17.5 Å². The number of carbonyl (C=O) groups is 1. The van der Waals surface area contributed by atoms with Crippen molar-refractivity contribution in [3.63, 3.8) is 0 Å². The summed E-state index contributed by atoms with van der Waals surface area (Å²) in [6.45, 7) is 4.18. The highest BCUT2D eigenvalue weighted by atomic mass is 35.5. The van der Waals surface area contributed by atoms with Gasteiger partial charge in [0.2, 0.25) is 5.91 Å². The molecule has 2 aromatic rings. The van der Waals surface area contributed by atoms with E-state index in [-0.39, 0.29) is 11.9 Å². The van der Waals surface area contributed by atoms with Gasteiger partial charge < -0.3 is 5.32 Å². The van der Waals surface area contributed by atoms with Gasteiger partial charge in [0.15, 0.2) is 0 Å². The van der Waals surface area contributed by atoms with Crippen LogP contribution < -0.4 is 5.32 Å². The van der Waals surface area contributed by atoms with Crippen molar-refractivity contribution in [3.05, 3.63) is 70.2 Å². The summed E-state index contributed by atoms with van der Waals surface area (Å²) in [6, 6.07) is 15.9. The van der Waals surface area contributed by atoms with Crippen molar-refractivity contribution in [2.75, 3.05) is 0 Å². The zero-order valence-corrected chi connectivity index (χ0v) is 13.9. The molecule has 2 aromatic carbocycles. The molecular weight excluding hydrogens is 294 g/mol. The molecule has 0 heterocycles. The fourth-order valence-corrected chi connectivity index (χ4v) is 2.68. The molecule has 0 unspecified atom stereocenters. The second kappa shape index (κ2) is 8.00. The van der Waals surface area contributed by atoms with E-state index in [2.05, 4.69) is 31.3 Å². The van der Waals surface area contributed by atoms with Crippen LogP contribution in [0.4, 0.5) is 0 Å². The van der Waals surface area contributed by atoms with Gasteiger partial charge in [-0.25, -0.2) is 0 Å². The summed E-state index contributed by atoms with van der Waals surface area (Å²) in [6.07, 6.45) is 2.11. The van der Waals surface area contributed by atoms with Crippen LogP contribution in [-0.4, -0.2) is 5.91 Å². The Morgan fingerprint density at radius 3 is 2.45 bits per heavy atom. The Morgan fingerprint density at radius 2 is 1.82 bits per heavy atom. The molecule has 2 rings (SSSR count). The Hall–Kier alpha value is -1.80. The molecule has 0 fully saturated rings. The van der Waals surface area contributed by atoms with E-state index in [1.807, 2.05) is 36.4 Å². The van der Waals surface area contributed by atoms with Gasteiger partial charge in [0, 0.05) is 11.4 Å². The second-order valence-corrected chi connectivity index (χ2v) is 5.95.